The van der Waals surface area contributed by atoms with Gasteiger partial charge in [-0.2, -0.15) is 5.10 Å². The minimum absolute atomic E-state index is 0.133. The highest BCUT2D eigenvalue weighted by Gasteiger charge is 2.24. The quantitative estimate of drug-likeness (QED) is 0.124. The second-order valence-electron chi connectivity index (χ2n) is 9.26. The first kappa shape index (κ1) is 28.2. The molecule has 3 aromatic rings. The van der Waals surface area contributed by atoms with Crippen molar-refractivity contribution in [2.45, 2.75) is 57.1 Å². The summed E-state index contributed by atoms with van der Waals surface area (Å²) in [4.78, 5) is 24.0. The van der Waals surface area contributed by atoms with E-state index in [1.54, 1.807) is 12.1 Å². The van der Waals surface area contributed by atoms with Gasteiger partial charge in [0.2, 0.25) is 5.75 Å². The maximum absolute atomic E-state index is 12.6. The van der Waals surface area contributed by atoms with Gasteiger partial charge in [-0.25, -0.2) is 5.43 Å². The molecule has 1 fully saturated rings. The van der Waals surface area contributed by atoms with Crippen LogP contribution in [0.2, 0.25) is 0 Å². The van der Waals surface area contributed by atoms with Crippen LogP contribution in [0.3, 0.4) is 0 Å². The van der Waals surface area contributed by atoms with Crippen LogP contribution in [0.15, 0.2) is 46.7 Å². The van der Waals surface area contributed by atoms with E-state index >= 15 is 0 Å². The number of amides is 1. The van der Waals surface area contributed by atoms with Gasteiger partial charge in [0.15, 0.2) is 22.5 Å². The first-order valence-corrected chi connectivity index (χ1v) is 13.8. The molecule has 0 saturated heterocycles. The third kappa shape index (κ3) is 7.17. The number of aryl methyl sites for hydroxylation is 1. The van der Waals surface area contributed by atoms with Crippen molar-refractivity contribution in [1.82, 2.24) is 20.2 Å². The summed E-state index contributed by atoms with van der Waals surface area (Å²) < 4.78 is 18.0. The Morgan fingerprint density at radius 3 is 2.36 bits per heavy atom. The lowest BCUT2D eigenvalue weighted by molar-refractivity contribution is -0.132. The number of hydrogen-bond acceptors (Lipinski definition) is 9. The third-order valence-corrected chi connectivity index (χ3v) is 7.32. The molecule has 1 saturated carbocycles. The number of carbonyl (C=O) groups is 2. The van der Waals surface area contributed by atoms with Crippen molar-refractivity contribution in [2.75, 3.05) is 20.0 Å². The van der Waals surface area contributed by atoms with Gasteiger partial charge in [-0.1, -0.05) is 60.9 Å². The second kappa shape index (κ2) is 13.3. The number of ether oxygens (including phenoxy) is 3. The average molecular weight is 552 g/mol. The predicted molar refractivity (Wildman–Crippen MR) is 150 cm³/mol. The standard InChI is InChI=1S/C28H33N5O5S/c1-18-10-12-21(13-11-18)27-31-32-28(33(27)22-8-6-5-7-9-22)39-17-25(35)30-29-16-20-14-23(36-3)26(38-19(2)34)24(15-20)37-4/h10-16,22H,5-9,17H2,1-4H3,(H,30,35)/b29-16-. The molecule has 1 amide bonds. The van der Waals surface area contributed by atoms with Crippen LogP contribution in [-0.2, 0) is 9.59 Å². The number of benzene rings is 2. The second-order valence-corrected chi connectivity index (χ2v) is 10.2. The molecule has 10 nitrogen and oxygen atoms in total. The van der Waals surface area contributed by atoms with Gasteiger partial charge < -0.3 is 14.2 Å². The molecule has 0 spiro atoms. The molecule has 11 heteroatoms. The highest BCUT2D eigenvalue weighted by molar-refractivity contribution is 7.99. The number of hydrazone groups is 1. The highest BCUT2D eigenvalue weighted by Crippen LogP contribution is 2.38. The molecule has 0 aliphatic heterocycles. The zero-order valence-corrected chi connectivity index (χ0v) is 23.4. The molecule has 1 aromatic heterocycles. The van der Waals surface area contributed by atoms with Crippen LogP contribution in [0.1, 0.15) is 56.2 Å². The lowest BCUT2D eigenvalue weighted by Crippen LogP contribution is -2.20. The summed E-state index contributed by atoms with van der Waals surface area (Å²) in [7, 11) is 2.91. The van der Waals surface area contributed by atoms with E-state index in [-0.39, 0.29) is 17.4 Å². The molecule has 206 valence electrons. The molecule has 0 bridgehead atoms. The summed E-state index contributed by atoms with van der Waals surface area (Å²) in [6.45, 7) is 3.35. The lowest BCUT2D eigenvalue weighted by atomic mass is 9.95. The Balaban J connectivity index is 1.44. The van der Waals surface area contributed by atoms with E-state index < -0.39 is 5.97 Å². The molecule has 1 N–H and O–H groups in total. The Morgan fingerprint density at radius 2 is 1.74 bits per heavy atom. The van der Waals surface area contributed by atoms with Crippen molar-refractivity contribution in [1.29, 1.82) is 0 Å². The van der Waals surface area contributed by atoms with Crippen LogP contribution < -0.4 is 19.6 Å². The fourth-order valence-corrected chi connectivity index (χ4v) is 5.30. The van der Waals surface area contributed by atoms with Crippen LogP contribution in [0.25, 0.3) is 11.4 Å². The van der Waals surface area contributed by atoms with Crippen LogP contribution in [0, 0.1) is 6.92 Å². The number of esters is 1. The fraction of sp³-hybridized carbons (Fsp3) is 0.393. The molecular weight excluding hydrogens is 518 g/mol. The van der Waals surface area contributed by atoms with Crippen LogP contribution >= 0.6 is 11.8 Å². The van der Waals surface area contributed by atoms with Crippen LogP contribution in [0.5, 0.6) is 17.2 Å². The maximum atomic E-state index is 12.6. The molecule has 1 aliphatic rings. The van der Waals surface area contributed by atoms with Gasteiger partial charge in [0.25, 0.3) is 5.91 Å². The van der Waals surface area contributed by atoms with Gasteiger partial charge >= 0.3 is 5.97 Å². The fourth-order valence-electron chi connectivity index (χ4n) is 4.50. The molecule has 1 heterocycles. The Morgan fingerprint density at radius 1 is 1.08 bits per heavy atom. The van der Waals surface area contributed by atoms with Crippen molar-refractivity contribution < 1.29 is 23.8 Å². The summed E-state index contributed by atoms with van der Waals surface area (Å²) in [5.41, 5.74) is 5.35. The van der Waals surface area contributed by atoms with Crippen LogP contribution in [0.4, 0.5) is 0 Å². The Hall–Kier alpha value is -3.86. The van der Waals surface area contributed by atoms with Gasteiger partial charge in [-0.15, -0.1) is 10.2 Å². The van der Waals surface area contributed by atoms with Crippen molar-refractivity contribution >= 4 is 29.9 Å². The van der Waals surface area contributed by atoms with Gasteiger partial charge in [0, 0.05) is 24.1 Å². The number of methoxy groups -OCH3 is 2. The normalized spacial score (nSPS) is 13.8. The van der Waals surface area contributed by atoms with E-state index in [9.17, 15) is 9.59 Å². The number of carbonyl (C=O) groups excluding carboxylic acids is 2. The molecule has 4 rings (SSSR count). The summed E-state index contributed by atoms with van der Waals surface area (Å²) in [5.74, 6) is 0.984. The molecule has 0 unspecified atom stereocenters. The molecule has 0 radical (unpaired) electrons. The number of thioether (sulfide) groups is 1. The Labute approximate surface area is 232 Å². The number of aromatic nitrogens is 3. The number of hydrogen-bond donors (Lipinski definition) is 1. The minimum Gasteiger partial charge on any atom is -0.493 e. The van der Waals surface area contributed by atoms with Gasteiger partial charge in [-0.3, -0.25) is 14.2 Å². The van der Waals surface area contributed by atoms with Gasteiger partial charge in [0.05, 0.1) is 26.2 Å². The van der Waals surface area contributed by atoms with E-state index in [1.807, 2.05) is 0 Å². The topological polar surface area (TPSA) is 117 Å². The average Bonchev–Trinajstić information content (AvgIpc) is 3.37. The highest BCUT2D eigenvalue weighted by atomic mass is 32.2. The largest absolute Gasteiger partial charge is 0.493 e. The number of rotatable bonds is 10. The maximum Gasteiger partial charge on any atom is 0.308 e. The van der Waals surface area contributed by atoms with E-state index in [4.69, 9.17) is 14.2 Å². The van der Waals surface area contributed by atoms with Crippen molar-refractivity contribution in [3.63, 3.8) is 0 Å². The first-order valence-electron chi connectivity index (χ1n) is 12.8. The molecule has 1 aliphatic carbocycles. The molecule has 2 aromatic carbocycles. The Bertz CT molecular complexity index is 1310. The molecule has 0 atom stereocenters. The van der Waals surface area contributed by atoms with Crippen molar-refractivity contribution in [2.24, 2.45) is 5.10 Å². The monoisotopic (exact) mass is 551 g/mol. The third-order valence-electron chi connectivity index (χ3n) is 6.38. The summed E-state index contributed by atoms with van der Waals surface area (Å²) in [6, 6.07) is 11.8. The zero-order chi connectivity index (χ0) is 27.8. The van der Waals surface area contributed by atoms with E-state index in [0.717, 1.165) is 29.4 Å². The predicted octanol–water partition coefficient (Wildman–Crippen LogP) is 4.94. The number of nitrogens with zero attached hydrogens (tertiary/aromatic N) is 4. The van der Waals surface area contributed by atoms with E-state index in [2.05, 4.69) is 56.5 Å². The van der Waals surface area contributed by atoms with Crippen LogP contribution in [-0.4, -0.2) is 52.8 Å². The van der Waals surface area contributed by atoms with E-state index in [0.29, 0.717) is 23.1 Å². The lowest BCUT2D eigenvalue weighted by Gasteiger charge is -2.25. The van der Waals surface area contributed by atoms with Gasteiger partial charge in [0.1, 0.15) is 0 Å². The summed E-state index contributed by atoms with van der Waals surface area (Å²) >= 11 is 1.35. The smallest absolute Gasteiger partial charge is 0.308 e. The zero-order valence-electron chi connectivity index (χ0n) is 22.6. The van der Waals surface area contributed by atoms with E-state index in [1.165, 1.54) is 63.9 Å². The van der Waals surface area contributed by atoms with Crippen molar-refractivity contribution in [3.8, 4) is 28.6 Å². The molecule has 39 heavy (non-hydrogen) atoms. The van der Waals surface area contributed by atoms with Crippen molar-refractivity contribution in [3.05, 3.63) is 47.5 Å². The first-order chi connectivity index (χ1) is 18.9. The molecular formula is C28H33N5O5S. The Kier molecular flexibility index (Phi) is 9.59. The minimum atomic E-state index is -0.497. The van der Waals surface area contributed by atoms with Gasteiger partial charge in [-0.05, 0) is 31.9 Å². The number of nitrogens with one attached hydrogen (secondary N) is 1. The summed E-state index contributed by atoms with van der Waals surface area (Å²) in [6.07, 6.45) is 7.20. The summed E-state index contributed by atoms with van der Waals surface area (Å²) in [5, 5.41) is 13.8. The SMILES string of the molecule is COc1cc(/C=N\NC(=O)CSc2nnc(-c3ccc(C)cc3)n2C2CCCCC2)cc(OC)c1OC(C)=O.